The summed E-state index contributed by atoms with van der Waals surface area (Å²) in [7, 11) is 0. The van der Waals surface area contributed by atoms with Crippen molar-refractivity contribution in [2.75, 3.05) is 11.1 Å². The van der Waals surface area contributed by atoms with Crippen LogP contribution in [-0.2, 0) is 0 Å². The van der Waals surface area contributed by atoms with E-state index in [2.05, 4.69) is 5.32 Å². The number of nitrogens with one attached hydrogen (secondary N) is 1. The topological polar surface area (TPSA) is 98.3 Å². The highest BCUT2D eigenvalue weighted by molar-refractivity contribution is 6.33. The molecule has 2 rings (SSSR count). The Bertz CT molecular complexity index is 731. The summed E-state index contributed by atoms with van der Waals surface area (Å²) in [5.74, 6) is -0.421. The Kier molecular flexibility index (Phi) is 4.09. The number of nitro benzene ring substituents is 1. The Hall–Kier alpha value is -2.60. The minimum atomic E-state index is -0.495. The average Bonchev–Trinajstić information content (AvgIpc) is 2.43. The first-order valence-electron chi connectivity index (χ1n) is 6.00. The molecule has 0 heterocycles. The summed E-state index contributed by atoms with van der Waals surface area (Å²) in [4.78, 5) is 22.4. The van der Waals surface area contributed by atoms with Gasteiger partial charge in [-0.1, -0.05) is 17.7 Å². The maximum atomic E-state index is 12.1. The van der Waals surface area contributed by atoms with Gasteiger partial charge >= 0.3 is 0 Å². The molecular formula is C14H12ClN3O3. The Morgan fingerprint density at radius 3 is 2.62 bits per heavy atom. The molecule has 0 spiro atoms. The molecule has 108 valence electrons. The van der Waals surface area contributed by atoms with Crippen molar-refractivity contribution in [3.8, 4) is 0 Å². The van der Waals surface area contributed by atoms with Crippen LogP contribution < -0.4 is 11.1 Å². The molecule has 0 atom stereocenters. The van der Waals surface area contributed by atoms with Crippen molar-refractivity contribution in [2.24, 2.45) is 0 Å². The highest BCUT2D eigenvalue weighted by atomic mass is 35.5. The first-order chi connectivity index (χ1) is 9.88. The molecule has 0 radical (unpaired) electrons. The number of amides is 1. The van der Waals surface area contributed by atoms with Crippen molar-refractivity contribution in [3.05, 3.63) is 62.7 Å². The van der Waals surface area contributed by atoms with Crippen LogP contribution in [0.3, 0.4) is 0 Å². The molecule has 0 aromatic heterocycles. The fraction of sp³-hybridized carbons (Fsp3) is 0.0714. The second-order valence-electron chi connectivity index (χ2n) is 4.45. The van der Waals surface area contributed by atoms with Crippen LogP contribution in [0.5, 0.6) is 0 Å². The third kappa shape index (κ3) is 3.29. The number of nitrogen functional groups attached to an aromatic ring is 1. The number of aryl methyl sites for hydroxylation is 1. The number of hydrogen-bond acceptors (Lipinski definition) is 4. The summed E-state index contributed by atoms with van der Waals surface area (Å²) in [6.07, 6.45) is 0. The normalized spacial score (nSPS) is 10.2. The number of benzene rings is 2. The molecule has 0 aliphatic carbocycles. The number of carbonyl (C=O) groups excluding carboxylic acids is 1. The monoisotopic (exact) mass is 305 g/mol. The fourth-order valence-electron chi connectivity index (χ4n) is 1.76. The lowest BCUT2D eigenvalue weighted by Gasteiger charge is -2.07. The summed E-state index contributed by atoms with van der Waals surface area (Å²) >= 11 is 5.85. The van der Waals surface area contributed by atoms with Gasteiger partial charge in [-0.3, -0.25) is 14.9 Å². The Morgan fingerprint density at radius 1 is 1.29 bits per heavy atom. The number of hydrogen-bond donors (Lipinski definition) is 2. The molecule has 1 amide bonds. The lowest BCUT2D eigenvalue weighted by molar-refractivity contribution is -0.385. The van der Waals surface area contributed by atoms with Crippen LogP contribution in [0.1, 0.15) is 15.9 Å². The number of anilines is 2. The smallest absolute Gasteiger partial charge is 0.274 e. The third-order valence-electron chi connectivity index (χ3n) is 2.93. The van der Waals surface area contributed by atoms with E-state index < -0.39 is 10.8 Å². The number of rotatable bonds is 3. The average molecular weight is 306 g/mol. The van der Waals surface area contributed by atoms with Crippen molar-refractivity contribution >= 4 is 34.6 Å². The molecule has 7 heteroatoms. The van der Waals surface area contributed by atoms with Crippen LogP contribution in [0.2, 0.25) is 5.02 Å². The Balaban J connectivity index is 2.25. The van der Waals surface area contributed by atoms with Crippen LogP contribution in [0, 0.1) is 17.0 Å². The molecule has 0 bridgehead atoms. The molecule has 0 saturated carbocycles. The number of nitrogens with two attached hydrogens (primary N) is 1. The van der Waals surface area contributed by atoms with Gasteiger partial charge in [-0.25, -0.2) is 0 Å². The summed E-state index contributed by atoms with van der Waals surface area (Å²) in [6, 6.07) is 8.97. The molecule has 21 heavy (non-hydrogen) atoms. The number of halogens is 1. The highest BCUT2D eigenvalue weighted by Crippen LogP contribution is 2.24. The fourth-order valence-corrected chi connectivity index (χ4v) is 1.94. The van der Waals surface area contributed by atoms with E-state index in [0.29, 0.717) is 22.5 Å². The van der Waals surface area contributed by atoms with E-state index in [1.54, 1.807) is 19.1 Å². The Labute approximate surface area is 125 Å². The van der Waals surface area contributed by atoms with E-state index in [1.165, 1.54) is 24.3 Å². The maximum absolute atomic E-state index is 12.1. The van der Waals surface area contributed by atoms with E-state index >= 15 is 0 Å². The molecule has 0 aliphatic rings. The number of carbonyl (C=O) groups is 1. The summed E-state index contributed by atoms with van der Waals surface area (Å²) < 4.78 is 0. The van der Waals surface area contributed by atoms with E-state index in [1.807, 2.05) is 0 Å². The van der Waals surface area contributed by atoms with E-state index in [4.69, 9.17) is 17.3 Å². The first kappa shape index (κ1) is 14.8. The van der Waals surface area contributed by atoms with Crippen molar-refractivity contribution in [1.29, 1.82) is 0 Å². The lowest BCUT2D eigenvalue weighted by atomic mass is 10.1. The minimum absolute atomic E-state index is 0.0526. The van der Waals surface area contributed by atoms with E-state index in [0.717, 1.165) is 0 Å². The van der Waals surface area contributed by atoms with Gasteiger partial charge < -0.3 is 11.1 Å². The lowest BCUT2D eigenvalue weighted by Crippen LogP contribution is -2.12. The predicted octanol–water partition coefficient (Wildman–Crippen LogP) is 3.39. The van der Waals surface area contributed by atoms with E-state index in [9.17, 15) is 14.9 Å². The molecule has 2 aromatic carbocycles. The second kappa shape index (κ2) is 5.80. The van der Waals surface area contributed by atoms with Crippen molar-refractivity contribution in [1.82, 2.24) is 0 Å². The maximum Gasteiger partial charge on any atom is 0.274 e. The van der Waals surface area contributed by atoms with Crippen LogP contribution in [-0.4, -0.2) is 10.8 Å². The number of nitro groups is 1. The molecule has 0 fully saturated rings. The zero-order valence-electron chi connectivity index (χ0n) is 11.1. The molecule has 2 aromatic rings. The second-order valence-corrected chi connectivity index (χ2v) is 4.86. The van der Waals surface area contributed by atoms with Crippen molar-refractivity contribution in [2.45, 2.75) is 6.92 Å². The SMILES string of the molecule is Cc1ccc(NC(=O)c2ccc(N)c(Cl)c2)cc1[N+](=O)[O-]. The van der Waals surface area contributed by atoms with Gasteiger partial charge in [-0.05, 0) is 31.2 Å². The predicted molar refractivity (Wildman–Crippen MR) is 81.7 cm³/mol. The first-order valence-corrected chi connectivity index (χ1v) is 6.37. The minimum Gasteiger partial charge on any atom is -0.398 e. The molecule has 3 N–H and O–H groups in total. The van der Waals surface area contributed by atoms with Gasteiger partial charge in [0.25, 0.3) is 11.6 Å². The zero-order valence-corrected chi connectivity index (χ0v) is 11.8. The van der Waals surface area contributed by atoms with Crippen LogP contribution in [0.4, 0.5) is 17.1 Å². The highest BCUT2D eigenvalue weighted by Gasteiger charge is 2.13. The largest absolute Gasteiger partial charge is 0.398 e. The third-order valence-corrected chi connectivity index (χ3v) is 3.25. The molecule has 0 aliphatic heterocycles. The van der Waals surface area contributed by atoms with Gasteiger partial charge in [-0.2, -0.15) is 0 Å². The summed E-state index contributed by atoms with van der Waals surface area (Å²) in [5.41, 5.74) is 7.07. The van der Waals surface area contributed by atoms with Gasteiger partial charge in [0.15, 0.2) is 0 Å². The van der Waals surface area contributed by atoms with Crippen molar-refractivity contribution in [3.63, 3.8) is 0 Å². The van der Waals surface area contributed by atoms with Crippen molar-refractivity contribution < 1.29 is 9.72 Å². The summed E-state index contributed by atoms with van der Waals surface area (Å²) in [6.45, 7) is 1.63. The zero-order chi connectivity index (χ0) is 15.6. The van der Waals surface area contributed by atoms with Crippen LogP contribution in [0.25, 0.3) is 0 Å². The molecular weight excluding hydrogens is 294 g/mol. The molecule has 0 unspecified atom stereocenters. The Morgan fingerprint density at radius 2 is 2.00 bits per heavy atom. The summed E-state index contributed by atoms with van der Waals surface area (Å²) in [5, 5.41) is 13.7. The molecule has 6 nitrogen and oxygen atoms in total. The van der Waals surface area contributed by atoms with Crippen LogP contribution >= 0.6 is 11.6 Å². The molecule has 0 saturated heterocycles. The van der Waals surface area contributed by atoms with Gasteiger partial charge in [0.2, 0.25) is 0 Å². The quantitative estimate of drug-likeness (QED) is 0.516. The van der Waals surface area contributed by atoms with Gasteiger partial charge in [-0.15, -0.1) is 0 Å². The van der Waals surface area contributed by atoms with Gasteiger partial charge in [0, 0.05) is 22.9 Å². The van der Waals surface area contributed by atoms with Crippen LogP contribution in [0.15, 0.2) is 36.4 Å². The number of nitrogens with zero attached hydrogens (tertiary/aromatic N) is 1. The standard InChI is InChI=1S/C14H12ClN3O3/c1-8-2-4-10(7-13(8)18(20)21)17-14(19)9-3-5-12(16)11(15)6-9/h2-7H,16H2,1H3,(H,17,19). The van der Waals surface area contributed by atoms with E-state index in [-0.39, 0.29) is 10.7 Å². The van der Waals surface area contributed by atoms with Gasteiger partial charge in [0.05, 0.1) is 15.6 Å². The van der Waals surface area contributed by atoms with Gasteiger partial charge in [0.1, 0.15) is 0 Å².